The van der Waals surface area contributed by atoms with Crippen LogP contribution in [-0.2, 0) is 0 Å². The molecule has 19 heavy (non-hydrogen) atoms. The Morgan fingerprint density at radius 1 is 1.42 bits per heavy atom. The van der Waals surface area contributed by atoms with Crippen LogP contribution in [0.15, 0.2) is 18.3 Å². The highest BCUT2D eigenvalue weighted by Crippen LogP contribution is 2.08. The first-order valence-electron chi connectivity index (χ1n) is 6.11. The fourth-order valence-corrected chi connectivity index (χ4v) is 1.37. The topological polar surface area (TPSA) is 82.5 Å². The average molecular weight is 265 g/mol. The van der Waals surface area contributed by atoms with Crippen LogP contribution in [0, 0.1) is 5.92 Å². The van der Waals surface area contributed by atoms with Crippen molar-refractivity contribution >= 4 is 17.7 Å². The molecule has 0 aliphatic rings. The van der Waals surface area contributed by atoms with E-state index in [1.54, 1.807) is 11.9 Å². The minimum absolute atomic E-state index is 0.0499. The third kappa shape index (κ3) is 4.95. The molecule has 6 heteroatoms. The molecule has 6 nitrogen and oxygen atoms in total. The summed E-state index contributed by atoms with van der Waals surface area (Å²) in [6.07, 6.45) is 2.26. The van der Waals surface area contributed by atoms with E-state index in [4.69, 9.17) is 5.11 Å². The van der Waals surface area contributed by atoms with Crippen LogP contribution < -0.4 is 5.32 Å². The predicted molar refractivity (Wildman–Crippen MR) is 72.3 cm³/mol. The second-order valence-corrected chi connectivity index (χ2v) is 4.77. The highest BCUT2D eigenvalue weighted by Gasteiger charge is 2.10. The lowest BCUT2D eigenvalue weighted by Gasteiger charge is -2.18. The summed E-state index contributed by atoms with van der Waals surface area (Å²) in [5.41, 5.74) is 0.428. The van der Waals surface area contributed by atoms with Crippen molar-refractivity contribution in [3.05, 3.63) is 24.0 Å². The van der Waals surface area contributed by atoms with Crippen LogP contribution in [-0.4, -0.2) is 40.6 Å². The van der Waals surface area contributed by atoms with Gasteiger partial charge in [0.05, 0.1) is 11.9 Å². The van der Waals surface area contributed by atoms with E-state index in [0.29, 0.717) is 18.2 Å². The second-order valence-electron chi connectivity index (χ2n) is 4.77. The molecule has 0 spiro atoms. The quantitative estimate of drug-likeness (QED) is 0.855. The molecule has 0 saturated heterocycles. The van der Waals surface area contributed by atoms with E-state index in [1.807, 2.05) is 0 Å². The van der Waals surface area contributed by atoms with Gasteiger partial charge in [-0.05, 0) is 24.5 Å². The van der Waals surface area contributed by atoms with E-state index >= 15 is 0 Å². The molecule has 0 fully saturated rings. The van der Waals surface area contributed by atoms with Gasteiger partial charge in [0, 0.05) is 13.6 Å². The third-order valence-electron chi connectivity index (χ3n) is 2.62. The van der Waals surface area contributed by atoms with Crippen molar-refractivity contribution in [1.29, 1.82) is 0 Å². The van der Waals surface area contributed by atoms with Gasteiger partial charge in [0.15, 0.2) is 0 Å². The normalized spacial score (nSPS) is 10.3. The molecule has 0 aliphatic carbocycles. The molecule has 2 amide bonds. The number of amides is 2. The SMILES string of the molecule is CC(C)CCN(C)C(=O)Nc1ccc(C(=O)O)nc1. The van der Waals surface area contributed by atoms with Crippen molar-refractivity contribution in [3.63, 3.8) is 0 Å². The molecule has 0 unspecified atom stereocenters. The summed E-state index contributed by atoms with van der Waals surface area (Å²) in [6, 6.07) is 2.64. The maximum absolute atomic E-state index is 11.8. The summed E-state index contributed by atoms with van der Waals surface area (Å²) in [5.74, 6) is -0.557. The average Bonchev–Trinajstić information content (AvgIpc) is 2.36. The van der Waals surface area contributed by atoms with Crippen molar-refractivity contribution in [2.24, 2.45) is 5.92 Å². The van der Waals surface area contributed by atoms with Gasteiger partial charge in [-0.1, -0.05) is 13.8 Å². The largest absolute Gasteiger partial charge is 0.477 e. The Morgan fingerprint density at radius 3 is 2.58 bits per heavy atom. The summed E-state index contributed by atoms with van der Waals surface area (Å²) in [4.78, 5) is 27.8. The van der Waals surface area contributed by atoms with Gasteiger partial charge in [0.1, 0.15) is 5.69 Å². The first-order valence-corrected chi connectivity index (χ1v) is 6.11. The van der Waals surface area contributed by atoms with Crippen molar-refractivity contribution in [2.45, 2.75) is 20.3 Å². The highest BCUT2D eigenvalue weighted by molar-refractivity contribution is 5.90. The Balaban J connectivity index is 2.54. The predicted octanol–water partition coefficient (Wildman–Crippen LogP) is 2.29. The van der Waals surface area contributed by atoms with Gasteiger partial charge in [0.2, 0.25) is 0 Å². The number of nitrogens with zero attached hydrogens (tertiary/aromatic N) is 2. The maximum Gasteiger partial charge on any atom is 0.354 e. The van der Waals surface area contributed by atoms with Crippen LogP contribution in [0.5, 0.6) is 0 Å². The number of carbonyl (C=O) groups excluding carboxylic acids is 1. The fraction of sp³-hybridized carbons (Fsp3) is 0.462. The second kappa shape index (κ2) is 6.72. The zero-order valence-corrected chi connectivity index (χ0v) is 11.4. The minimum Gasteiger partial charge on any atom is -0.477 e. The van der Waals surface area contributed by atoms with Crippen LogP contribution in [0.2, 0.25) is 0 Å². The molecular formula is C13H19N3O3. The van der Waals surface area contributed by atoms with Crippen molar-refractivity contribution in [1.82, 2.24) is 9.88 Å². The Bertz CT molecular complexity index is 443. The smallest absolute Gasteiger partial charge is 0.354 e. The van der Waals surface area contributed by atoms with Gasteiger partial charge in [-0.3, -0.25) is 0 Å². The van der Waals surface area contributed by atoms with Gasteiger partial charge < -0.3 is 15.3 Å². The summed E-state index contributed by atoms with van der Waals surface area (Å²) < 4.78 is 0. The number of nitrogens with one attached hydrogen (secondary N) is 1. The van der Waals surface area contributed by atoms with Crippen molar-refractivity contribution in [3.8, 4) is 0 Å². The number of carboxylic acids is 1. The number of carbonyl (C=O) groups is 2. The van der Waals surface area contributed by atoms with Crippen LogP contribution in [0.1, 0.15) is 30.8 Å². The Kier molecular flexibility index (Phi) is 5.29. The van der Waals surface area contributed by atoms with E-state index < -0.39 is 5.97 Å². The zero-order valence-electron chi connectivity index (χ0n) is 11.4. The van der Waals surface area contributed by atoms with Crippen LogP contribution in [0.25, 0.3) is 0 Å². The Morgan fingerprint density at radius 2 is 2.11 bits per heavy atom. The molecule has 2 N–H and O–H groups in total. The summed E-state index contributed by atoms with van der Waals surface area (Å²) in [7, 11) is 1.72. The number of rotatable bonds is 5. The number of aromatic nitrogens is 1. The molecule has 0 aliphatic heterocycles. The van der Waals surface area contributed by atoms with E-state index in [0.717, 1.165) is 6.42 Å². The number of aromatic carboxylic acids is 1. The standard InChI is InChI=1S/C13H19N3O3/c1-9(2)6-7-16(3)13(19)15-10-4-5-11(12(17)18)14-8-10/h4-5,8-9H,6-7H2,1-3H3,(H,15,19)(H,17,18). The van der Waals surface area contributed by atoms with Crippen molar-refractivity contribution in [2.75, 3.05) is 18.9 Å². The molecule has 1 aromatic heterocycles. The van der Waals surface area contributed by atoms with Gasteiger partial charge in [0.25, 0.3) is 0 Å². The number of hydrogen-bond donors (Lipinski definition) is 2. The number of hydrogen-bond acceptors (Lipinski definition) is 3. The minimum atomic E-state index is -1.09. The molecule has 1 aromatic rings. The Hall–Kier alpha value is -2.11. The lowest BCUT2D eigenvalue weighted by atomic mass is 10.1. The van der Waals surface area contributed by atoms with E-state index in [9.17, 15) is 9.59 Å². The number of carboxylic acid groups (broad SMARTS) is 1. The molecule has 1 rings (SSSR count). The number of urea groups is 1. The van der Waals surface area contributed by atoms with Crippen molar-refractivity contribution < 1.29 is 14.7 Å². The molecule has 0 radical (unpaired) electrons. The van der Waals surface area contributed by atoms with Gasteiger partial charge in [-0.15, -0.1) is 0 Å². The molecule has 0 atom stereocenters. The summed E-state index contributed by atoms with van der Waals surface area (Å²) in [5, 5.41) is 11.4. The van der Waals surface area contributed by atoms with Crippen LogP contribution in [0.4, 0.5) is 10.5 Å². The summed E-state index contributed by atoms with van der Waals surface area (Å²) >= 11 is 0. The van der Waals surface area contributed by atoms with Gasteiger partial charge in [-0.2, -0.15) is 0 Å². The lowest BCUT2D eigenvalue weighted by Crippen LogP contribution is -2.32. The molecule has 0 bridgehead atoms. The lowest BCUT2D eigenvalue weighted by molar-refractivity contribution is 0.0690. The van der Waals surface area contributed by atoms with Crippen LogP contribution >= 0.6 is 0 Å². The van der Waals surface area contributed by atoms with E-state index in [-0.39, 0.29) is 11.7 Å². The molecule has 0 saturated carbocycles. The van der Waals surface area contributed by atoms with Gasteiger partial charge >= 0.3 is 12.0 Å². The number of pyridine rings is 1. The highest BCUT2D eigenvalue weighted by atomic mass is 16.4. The fourth-order valence-electron chi connectivity index (χ4n) is 1.37. The molecule has 1 heterocycles. The molecule has 0 aromatic carbocycles. The number of anilines is 1. The van der Waals surface area contributed by atoms with E-state index in [1.165, 1.54) is 18.3 Å². The molecular weight excluding hydrogens is 246 g/mol. The van der Waals surface area contributed by atoms with Gasteiger partial charge in [-0.25, -0.2) is 14.6 Å². The molecule has 104 valence electrons. The maximum atomic E-state index is 11.8. The van der Waals surface area contributed by atoms with E-state index in [2.05, 4.69) is 24.1 Å². The van der Waals surface area contributed by atoms with Crippen LogP contribution in [0.3, 0.4) is 0 Å². The Labute approximate surface area is 112 Å². The third-order valence-corrected chi connectivity index (χ3v) is 2.62. The first-order chi connectivity index (χ1) is 8.90. The monoisotopic (exact) mass is 265 g/mol. The first kappa shape index (κ1) is 14.9. The summed E-state index contributed by atoms with van der Waals surface area (Å²) in [6.45, 7) is 4.87. The zero-order chi connectivity index (χ0) is 14.4.